The van der Waals surface area contributed by atoms with Crippen LogP contribution in [0.2, 0.25) is 0 Å². The van der Waals surface area contributed by atoms with Gasteiger partial charge >= 0.3 is 0 Å². The van der Waals surface area contributed by atoms with E-state index in [0.29, 0.717) is 6.55 Å². The van der Waals surface area contributed by atoms with E-state index < -0.39 is 12.0 Å². The van der Waals surface area contributed by atoms with E-state index in [1.807, 2.05) is 0 Å². The summed E-state index contributed by atoms with van der Waals surface area (Å²) in [5.74, 6) is -0.866. The Labute approximate surface area is 33.1 Å². The van der Waals surface area contributed by atoms with Gasteiger partial charge in [-0.3, -0.25) is 4.79 Å². The Balaban J connectivity index is 3.82. The molecule has 0 aromatic carbocycles. The molecule has 1 amide bonds. The number of hydrogen-bond acceptors (Lipinski definition) is 1. The van der Waals surface area contributed by atoms with Crippen LogP contribution in [0.15, 0.2) is 12.6 Å². The van der Waals surface area contributed by atoms with E-state index in [4.69, 9.17) is 2.74 Å². The molecule has 0 bridgehead atoms. The zero-order chi connectivity index (χ0) is 5.86. The number of hydrogen-bond donors (Lipinski definition) is 1. The summed E-state index contributed by atoms with van der Waals surface area (Å²) in [7, 11) is 0. The lowest BCUT2D eigenvalue weighted by atomic mass is 10.6. The first-order valence-corrected chi connectivity index (χ1v) is 1.03. The van der Waals surface area contributed by atoms with Gasteiger partial charge in [-0.25, -0.2) is 0 Å². The number of carbonyl (C=O) groups excluding carboxylic acids is 1. The van der Waals surface area contributed by atoms with Gasteiger partial charge in [0, 0.05) is 0 Å². The molecule has 2 N–H and O–H groups in total. The number of amides is 1. The van der Waals surface area contributed by atoms with E-state index >= 15 is 0 Å². The molecule has 0 saturated heterocycles. The quantitative estimate of drug-likeness (QED) is 0.424. The van der Waals surface area contributed by atoms with Crippen LogP contribution in [0, 0.1) is 0 Å². The molecule has 0 rings (SSSR count). The topological polar surface area (TPSA) is 43.1 Å². The average Bonchev–Trinajstić information content (AvgIpc) is 1.65. The van der Waals surface area contributed by atoms with Crippen LogP contribution >= 0.6 is 0 Å². The molecule has 0 saturated carbocycles. The van der Waals surface area contributed by atoms with Crippen molar-refractivity contribution in [3.8, 4) is 0 Å². The summed E-state index contributed by atoms with van der Waals surface area (Å²) in [4.78, 5) is 9.78. The molecule has 0 aliphatic carbocycles. The average molecular weight is 73.1 g/mol. The molecule has 0 aromatic rings. The van der Waals surface area contributed by atoms with Gasteiger partial charge in [-0.15, -0.1) is 0 Å². The standard InChI is InChI=1S/C3H5NO/c1-2-3(4)5/h2H,1H2,(H2,4,5)/i1D,2D. The summed E-state index contributed by atoms with van der Waals surface area (Å²) in [5.41, 5.74) is 4.53. The zero-order valence-electron chi connectivity index (χ0n) is 4.56. The fraction of sp³-hybridized carbons (Fsp3) is 0. The molecule has 0 radical (unpaired) electrons. The number of nitrogens with two attached hydrogens (primary N) is 1. The molecular formula is C3H5NO. The number of carbonyl (C=O) groups is 1. The van der Waals surface area contributed by atoms with Crippen molar-refractivity contribution >= 4 is 5.91 Å². The monoisotopic (exact) mass is 73.0 g/mol. The third-order valence-electron chi connectivity index (χ3n) is 0.142. The second kappa shape index (κ2) is 1.52. The molecule has 5 heavy (non-hydrogen) atoms. The number of primary amides is 1. The third-order valence-corrected chi connectivity index (χ3v) is 0.142. The lowest BCUT2D eigenvalue weighted by molar-refractivity contribution is -0.113. The summed E-state index contributed by atoms with van der Waals surface area (Å²) in [5, 5.41) is 0. The van der Waals surface area contributed by atoms with Crippen molar-refractivity contribution in [2.24, 2.45) is 5.73 Å². The highest BCUT2D eigenvalue weighted by molar-refractivity contribution is 5.84. The van der Waals surface area contributed by atoms with Crippen LogP contribution in [0.3, 0.4) is 0 Å². The minimum Gasteiger partial charge on any atom is -0.366 e. The van der Waals surface area contributed by atoms with Crippen LogP contribution in [-0.4, -0.2) is 5.91 Å². The van der Waals surface area contributed by atoms with Crippen molar-refractivity contribution in [3.05, 3.63) is 12.6 Å². The zero-order valence-corrected chi connectivity index (χ0v) is 2.56. The Morgan fingerprint density at radius 3 is 3.20 bits per heavy atom. The van der Waals surface area contributed by atoms with Crippen LogP contribution in [0.25, 0.3) is 0 Å². The maximum Gasteiger partial charge on any atom is 0.240 e. The van der Waals surface area contributed by atoms with Gasteiger partial charge in [-0.1, -0.05) is 6.55 Å². The molecule has 0 spiro atoms. The lowest BCUT2D eigenvalue weighted by Gasteiger charge is -1.65. The van der Waals surface area contributed by atoms with E-state index in [9.17, 15) is 4.79 Å². The molecule has 0 unspecified atom stereocenters. The molecule has 28 valence electrons. The molecule has 2 nitrogen and oxygen atoms in total. The van der Waals surface area contributed by atoms with Crippen molar-refractivity contribution in [1.82, 2.24) is 0 Å². The van der Waals surface area contributed by atoms with Crippen LogP contribution in [0.5, 0.6) is 0 Å². The Morgan fingerprint density at radius 2 is 3.20 bits per heavy atom. The Bertz CT molecular complexity index is 110. The van der Waals surface area contributed by atoms with E-state index in [2.05, 4.69) is 5.73 Å². The summed E-state index contributed by atoms with van der Waals surface area (Å²) >= 11 is 0. The van der Waals surface area contributed by atoms with Crippen molar-refractivity contribution in [2.45, 2.75) is 0 Å². The molecular weight excluding hydrogens is 66.0 g/mol. The smallest absolute Gasteiger partial charge is 0.240 e. The maximum atomic E-state index is 9.78. The Hall–Kier alpha value is -0.790. The maximum absolute atomic E-state index is 9.78. The van der Waals surface area contributed by atoms with Gasteiger partial charge < -0.3 is 5.73 Å². The normalized spacial score (nSPS) is 16.4. The second-order valence-corrected chi connectivity index (χ2v) is 0.509. The van der Waals surface area contributed by atoms with Crippen molar-refractivity contribution in [1.29, 1.82) is 0 Å². The second-order valence-electron chi connectivity index (χ2n) is 0.509. The van der Waals surface area contributed by atoms with Crippen LogP contribution in [0.1, 0.15) is 2.74 Å². The third kappa shape index (κ3) is 3.21. The highest BCUT2D eigenvalue weighted by Gasteiger charge is 1.69. The van der Waals surface area contributed by atoms with E-state index in [0.717, 1.165) is 0 Å². The largest absolute Gasteiger partial charge is 0.366 e. The first-order chi connectivity index (χ1) is 3.18. The van der Waals surface area contributed by atoms with Gasteiger partial charge in [0.1, 0.15) is 0 Å². The lowest BCUT2D eigenvalue weighted by Crippen LogP contribution is -2.04. The highest BCUT2D eigenvalue weighted by atomic mass is 16.1. The first-order valence-electron chi connectivity index (χ1n) is 2.11. The van der Waals surface area contributed by atoms with Crippen LogP contribution in [0.4, 0.5) is 0 Å². The molecule has 2 heteroatoms. The van der Waals surface area contributed by atoms with E-state index in [1.54, 1.807) is 0 Å². The van der Waals surface area contributed by atoms with Crippen LogP contribution < -0.4 is 5.73 Å². The molecule has 0 atom stereocenters. The van der Waals surface area contributed by atoms with Gasteiger partial charge in [0.15, 0.2) is 0 Å². The minimum absolute atomic E-state index is 0.472. The Morgan fingerprint density at radius 1 is 2.60 bits per heavy atom. The fourth-order valence-electron chi connectivity index (χ4n) is 0. The van der Waals surface area contributed by atoms with Crippen molar-refractivity contribution in [2.75, 3.05) is 0 Å². The predicted molar refractivity (Wildman–Crippen MR) is 19.4 cm³/mol. The van der Waals surface area contributed by atoms with Crippen molar-refractivity contribution in [3.63, 3.8) is 0 Å². The number of rotatable bonds is 1. The van der Waals surface area contributed by atoms with E-state index in [1.165, 1.54) is 0 Å². The minimum atomic E-state index is -0.866. The summed E-state index contributed by atoms with van der Waals surface area (Å²) in [6.45, 7) is 0.600. The molecule has 0 aliphatic rings. The van der Waals surface area contributed by atoms with Gasteiger partial charge in [0.2, 0.25) is 5.91 Å². The summed E-state index contributed by atoms with van der Waals surface area (Å²) in [6, 6.07) is -0.472. The first kappa shape index (κ1) is 1.60. The van der Waals surface area contributed by atoms with E-state index in [-0.39, 0.29) is 0 Å². The highest BCUT2D eigenvalue weighted by Crippen LogP contribution is 1.48. The van der Waals surface area contributed by atoms with Gasteiger partial charge in [0.05, 0.1) is 2.74 Å². The molecule has 0 fully saturated rings. The Kier molecular flexibility index (Phi) is 0.486. The predicted octanol–water partition coefficient (Wildman–Crippen LogP) is -0.342. The molecule has 0 aromatic heterocycles. The van der Waals surface area contributed by atoms with Gasteiger partial charge in [-0.2, -0.15) is 0 Å². The van der Waals surface area contributed by atoms with Gasteiger partial charge in [-0.05, 0) is 6.05 Å². The molecule has 0 aliphatic heterocycles. The van der Waals surface area contributed by atoms with Crippen LogP contribution in [-0.2, 0) is 4.79 Å². The fourth-order valence-corrected chi connectivity index (χ4v) is 0. The summed E-state index contributed by atoms with van der Waals surface area (Å²) in [6.07, 6.45) is 0. The van der Waals surface area contributed by atoms with Gasteiger partial charge in [0.25, 0.3) is 0 Å². The SMILES string of the molecule is [2H]C=C([2H])C(N)=O. The van der Waals surface area contributed by atoms with Crippen molar-refractivity contribution < 1.29 is 7.54 Å². The molecule has 0 heterocycles. The summed E-state index contributed by atoms with van der Waals surface area (Å²) < 4.78 is 12.8.